The van der Waals surface area contributed by atoms with Crippen LogP contribution in [0.1, 0.15) is 65.6 Å². The number of halogens is 1. The second-order valence-electron chi connectivity index (χ2n) is 20.1. The molecule has 2 aromatic heterocycles. The number of carbonyl (C=O) groups excluding carboxylic acids is 3. The molecule has 0 unspecified atom stereocenters. The Morgan fingerprint density at radius 2 is 1.55 bits per heavy atom. The molecule has 4 aromatic carbocycles. The maximum absolute atomic E-state index is 13.9. The first kappa shape index (κ1) is 51.2. The molecule has 0 aliphatic carbocycles. The van der Waals surface area contributed by atoms with Crippen molar-refractivity contribution in [3.05, 3.63) is 119 Å². The van der Waals surface area contributed by atoms with Gasteiger partial charge in [-0.25, -0.2) is 0 Å². The standard InChI is InChI=1S/C56H65ClN12O6/c1-5-49(72)65-26-28-66(29-27-65)51-41-18-21-68(46-11-7-9-38-8-6-10-44(57)50(38)46)35-45(41)59-56(60-51)75-31-30-63-19-16-39(17-20-63)55(74)67-24-22-64(23-25-67)34-37-12-14-40(15-13-37)69-52(61-62-53(69)54(73)58-4)43-32-42(36(2)3)47(70)33-48(43)71/h5-15,32-33,36,39,70-71H,1,16-31,34-35H2,2-4H3,(H,58,73). The lowest BCUT2D eigenvalue weighted by molar-refractivity contribution is -0.139. The van der Waals surface area contributed by atoms with Crippen LogP contribution in [0.25, 0.3) is 27.8 Å². The van der Waals surface area contributed by atoms with Crippen LogP contribution in [-0.4, -0.2) is 164 Å². The van der Waals surface area contributed by atoms with Crippen molar-refractivity contribution >= 4 is 51.6 Å². The van der Waals surface area contributed by atoms with E-state index in [0.717, 1.165) is 96.1 Å². The number of rotatable bonds is 14. The van der Waals surface area contributed by atoms with Gasteiger partial charge < -0.3 is 39.9 Å². The number of anilines is 2. The van der Waals surface area contributed by atoms with Crippen LogP contribution < -0.4 is 19.9 Å². The largest absolute Gasteiger partial charge is 0.508 e. The SMILES string of the molecule is C=CC(=O)N1CCN(c2nc(OCCN3CCC(C(=O)N4CCN(Cc5ccc(-n6c(C(=O)NC)nnc6-c6cc(C(C)C)c(O)cc6O)cc5)CC4)CC3)nc3c2CCN(c2cccc4cccc(Cl)c24)C3)CC1. The Morgan fingerprint density at radius 1 is 0.827 bits per heavy atom. The van der Waals surface area contributed by atoms with Gasteiger partial charge in [0.25, 0.3) is 5.91 Å². The van der Waals surface area contributed by atoms with Crippen molar-refractivity contribution in [1.29, 1.82) is 0 Å². The number of fused-ring (bicyclic) bond motifs is 2. The topological polar surface area (TPSA) is 189 Å². The Bertz CT molecular complexity index is 3080. The first-order valence-corrected chi connectivity index (χ1v) is 26.4. The Balaban J connectivity index is 0.726. The van der Waals surface area contributed by atoms with Gasteiger partial charge in [-0.3, -0.25) is 28.8 Å². The third kappa shape index (κ3) is 10.8. The molecule has 6 heterocycles. The Labute approximate surface area is 442 Å². The number of phenolic OH excluding ortho intramolecular Hbond substituents is 2. The fourth-order valence-electron chi connectivity index (χ4n) is 11.0. The van der Waals surface area contributed by atoms with Crippen molar-refractivity contribution in [2.45, 2.75) is 52.1 Å². The zero-order valence-electron chi connectivity index (χ0n) is 42.9. The minimum Gasteiger partial charge on any atom is -0.508 e. The average Bonchev–Trinajstić information content (AvgIpc) is 3.88. The number of piperazine rings is 2. The van der Waals surface area contributed by atoms with Crippen molar-refractivity contribution in [3.63, 3.8) is 0 Å². The molecule has 3 amide bonds. The summed E-state index contributed by atoms with van der Waals surface area (Å²) in [4.78, 5) is 62.5. The second kappa shape index (κ2) is 22.3. The number of aromatic nitrogens is 5. The summed E-state index contributed by atoms with van der Waals surface area (Å²) < 4.78 is 8.00. The summed E-state index contributed by atoms with van der Waals surface area (Å²) in [7, 11) is 1.52. The van der Waals surface area contributed by atoms with E-state index in [1.807, 2.05) is 60.0 Å². The molecular formula is C56H65ClN12O6. The van der Waals surface area contributed by atoms with Gasteiger partial charge in [0.15, 0.2) is 5.82 Å². The van der Waals surface area contributed by atoms with E-state index in [2.05, 4.69) is 66.0 Å². The van der Waals surface area contributed by atoms with Crippen LogP contribution in [0.4, 0.5) is 11.5 Å². The van der Waals surface area contributed by atoms with E-state index in [4.69, 9.17) is 26.3 Å². The van der Waals surface area contributed by atoms with Gasteiger partial charge in [-0.05, 0) is 91.2 Å². The third-order valence-electron chi connectivity index (χ3n) is 15.2. The molecule has 3 N–H and O–H groups in total. The van der Waals surface area contributed by atoms with Gasteiger partial charge in [-0.1, -0.05) is 68.4 Å². The van der Waals surface area contributed by atoms with Crippen molar-refractivity contribution in [2.24, 2.45) is 5.92 Å². The maximum Gasteiger partial charge on any atom is 0.318 e. The van der Waals surface area contributed by atoms with Crippen molar-refractivity contribution in [3.8, 4) is 34.6 Å². The molecule has 75 heavy (non-hydrogen) atoms. The number of phenols is 2. The first-order chi connectivity index (χ1) is 36.4. The Kier molecular flexibility index (Phi) is 15.2. The zero-order chi connectivity index (χ0) is 52.3. The molecule has 0 bridgehead atoms. The van der Waals surface area contributed by atoms with Crippen molar-refractivity contribution < 1.29 is 29.3 Å². The zero-order valence-corrected chi connectivity index (χ0v) is 43.7. The number of aromatic hydroxyl groups is 2. The number of hydrogen-bond acceptors (Lipinski definition) is 14. The van der Waals surface area contributed by atoms with Gasteiger partial charge in [-0.2, -0.15) is 9.97 Å². The summed E-state index contributed by atoms with van der Waals surface area (Å²) in [5.41, 5.74) is 5.82. The minimum atomic E-state index is -0.431. The summed E-state index contributed by atoms with van der Waals surface area (Å²) in [5, 5.41) is 35.3. The fraction of sp³-hybridized carbons (Fsp3) is 0.411. The number of nitrogens with one attached hydrogen (secondary N) is 1. The summed E-state index contributed by atoms with van der Waals surface area (Å²) in [6.07, 6.45) is 3.71. The van der Waals surface area contributed by atoms with Crippen LogP contribution >= 0.6 is 11.6 Å². The molecule has 18 nitrogen and oxygen atoms in total. The molecular weight excluding hydrogens is 972 g/mol. The molecule has 10 rings (SSSR count). The highest BCUT2D eigenvalue weighted by Crippen LogP contribution is 2.40. The predicted molar refractivity (Wildman–Crippen MR) is 289 cm³/mol. The second-order valence-corrected chi connectivity index (χ2v) is 20.5. The molecule has 3 saturated heterocycles. The normalized spacial score (nSPS) is 16.9. The molecule has 4 aliphatic rings. The van der Waals surface area contributed by atoms with Gasteiger partial charge in [0.1, 0.15) is 23.9 Å². The summed E-state index contributed by atoms with van der Waals surface area (Å²) in [6, 6.07) is 23.4. The van der Waals surface area contributed by atoms with Crippen molar-refractivity contribution in [1.82, 2.24) is 49.6 Å². The predicted octanol–water partition coefficient (Wildman–Crippen LogP) is 6.26. The number of carbonyl (C=O) groups is 3. The maximum atomic E-state index is 13.9. The Morgan fingerprint density at radius 3 is 2.25 bits per heavy atom. The van der Waals surface area contributed by atoms with Gasteiger partial charge in [0.2, 0.25) is 17.6 Å². The van der Waals surface area contributed by atoms with Crippen LogP contribution in [-0.2, 0) is 29.1 Å². The van der Waals surface area contributed by atoms with Crippen LogP contribution in [0.2, 0.25) is 5.02 Å². The van der Waals surface area contributed by atoms with Crippen molar-refractivity contribution in [2.75, 3.05) is 102 Å². The van der Waals surface area contributed by atoms with E-state index in [1.165, 1.54) is 19.2 Å². The number of piperidine rings is 1. The molecule has 0 atom stereocenters. The highest BCUT2D eigenvalue weighted by Gasteiger charge is 2.33. The number of nitrogens with zero attached hydrogens (tertiary/aromatic N) is 11. The van der Waals surface area contributed by atoms with E-state index in [-0.39, 0.29) is 46.8 Å². The summed E-state index contributed by atoms with van der Waals surface area (Å²) in [5.74, 6) is 0.724. The van der Waals surface area contributed by atoms with E-state index >= 15 is 0 Å². The lowest BCUT2D eigenvalue weighted by atomic mass is 9.95. The fourth-order valence-corrected chi connectivity index (χ4v) is 11.3. The molecule has 3 fully saturated rings. The molecule has 0 saturated carbocycles. The van der Waals surface area contributed by atoms with E-state index in [9.17, 15) is 24.6 Å². The lowest BCUT2D eigenvalue weighted by Crippen LogP contribution is -2.51. The highest BCUT2D eigenvalue weighted by atomic mass is 35.5. The number of amides is 3. The average molecular weight is 1040 g/mol. The van der Waals surface area contributed by atoms with Crippen LogP contribution in [0, 0.1) is 5.92 Å². The van der Waals surface area contributed by atoms with Gasteiger partial charge in [0.05, 0.1) is 22.8 Å². The number of ether oxygens (including phenoxy) is 1. The molecule has 4 aliphatic heterocycles. The lowest BCUT2D eigenvalue weighted by Gasteiger charge is -2.38. The molecule has 392 valence electrons. The smallest absolute Gasteiger partial charge is 0.318 e. The van der Waals surface area contributed by atoms with E-state index in [1.54, 1.807) is 10.6 Å². The summed E-state index contributed by atoms with van der Waals surface area (Å²) >= 11 is 6.78. The molecule has 6 aromatic rings. The molecule has 0 radical (unpaired) electrons. The third-order valence-corrected chi connectivity index (χ3v) is 15.5. The van der Waals surface area contributed by atoms with Crippen LogP contribution in [0.5, 0.6) is 17.5 Å². The molecule has 19 heteroatoms. The van der Waals surface area contributed by atoms with Gasteiger partial charge >= 0.3 is 6.01 Å². The van der Waals surface area contributed by atoms with E-state index in [0.29, 0.717) is 88.3 Å². The number of hydrogen-bond donors (Lipinski definition) is 3. The first-order valence-electron chi connectivity index (χ1n) is 26.0. The monoisotopic (exact) mass is 1040 g/mol. The van der Waals surface area contributed by atoms with Gasteiger partial charge in [0, 0.05) is 113 Å². The minimum absolute atomic E-state index is 0.0164. The quantitative estimate of drug-likeness (QED) is 0.104. The number of benzene rings is 4. The van der Waals surface area contributed by atoms with Crippen LogP contribution in [0.15, 0.2) is 85.5 Å². The van der Waals surface area contributed by atoms with Crippen LogP contribution in [0.3, 0.4) is 0 Å². The van der Waals surface area contributed by atoms with Gasteiger partial charge in [-0.15, -0.1) is 10.2 Å². The summed E-state index contributed by atoms with van der Waals surface area (Å²) in [6.45, 7) is 17.6. The number of likely N-dealkylation sites (tertiary alicyclic amines) is 1. The van der Waals surface area contributed by atoms with E-state index < -0.39 is 5.91 Å². The Hall–Kier alpha value is -7.28. The molecule has 0 spiro atoms. The highest BCUT2D eigenvalue weighted by molar-refractivity contribution is 6.36.